The van der Waals surface area contributed by atoms with Crippen LogP contribution in [-0.4, -0.2) is 66.4 Å². The molecule has 1 saturated heterocycles. The van der Waals surface area contributed by atoms with Crippen LogP contribution in [0.5, 0.6) is 0 Å². The lowest BCUT2D eigenvalue weighted by Gasteiger charge is -2.33. The van der Waals surface area contributed by atoms with Crippen LogP contribution in [0.25, 0.3) is 0 Å². The van der Waals surface area contributed by atoms with Crippen LogP contribution < -0.4 is 0 Å². The summed E-state index contributed by atoms with van der Waals surface area (Å²) >= 11 is 0. The zero-order valence-electron chi connectivity index (χ0n) is 14.0. The summed E-state index contributed by atoms with van der Waals surface area (Å²) in [6, 6.07) is 0.179. The highest BCUT2D eigenvalue weighted by molar-refractivity contribution is 5.64. The number of carbonyl (C=O) groups is 1. The van der Waals surface area contributed by atoms with E-state index in [4.69, 9.17) is 9.84 Å². The van der Waals surface area contributed by atoms with Crippen LogP contribution in [0.15, 0.2) is 0 Å². The summed E-state index contributed by atoms with van der Waals surface area (Å²) in [5.74, 6) is 0. The van der Waals surface area contributed by atoms with Crippen LogP contribution in [0.3, 0.4) is 0 Å². The van der Waals surface area contributed by atoms with Crippen molar-refractivity contribution in [1.82, 2.24) is 9.80 Å². The van der Waals surface area contributed by atoms with Gasteiger partial charge in [-0.15, -0.1) is 0 Å². The van der Waals surface area contributed by atoms with Gasteiger partial charge in [-0.3, -0.25) is 0 Å². The molecule has 2 aliphatic rings. The van der Waals surface area contributed by atoms with Gasteiger partial charge in [0.25, 0.3) is 0 Å². The SMILES string of the molecule is CN(C(=O)O)C1CCC(OCCCCCN2CCCC2)CC1. The number of nitrogens with zero attached hydrogens (tertiary/aromatic N) is 2. The fourth-order valence-corrected chi connectivity index (χ4v) is 3.63. The summed E-state index contributed by atoms with van der Waals surface area (Å²) in [5, 5.41) is 8.99. The van der Waals surface area contributed by atoms with Crippen LogP contribution in [0.4, 0.5) is 4.79 Å². The third-order valence-corrected chi connectivity index (χ3v) is 5.16. The minimum atomic E-state index is -0.817. The second-order valence-corrected chi connectivity index (χ2v) is 6.80. The Labute approximate surface area is 134 Å². The lowest BCUT2D eigenvalue weighted by molar-refractivity contribution is 0.00987. The molecule has 0 radical (unpaired) electrons. The van der Waals surface area contributed by atoms with Gasteiger partial charge in [0.05, 0.1) is 6.10 Å². The summed E-state index contributed by atoms with van der Waals surface area (Å²) in [6.45, 7) is 4.71. The average Bonchev–Trinajstić information content (AvgIpc) is 3.04. The molecule has 0 aromatic carbocycles. The quantitative estimate of drug-likeness (QED) is 0.699. The topological polar surface area (TPSA) is 53.0 Å². The smallest absolute Gasteiger partial charge is 0.407 e. The minimum absolute atomic E-state index is 0.179. The van der Waals surface area contributed by atoms with Gasteiger partial charge >= 0.3 is 6.09 Å². The lowest BCUT2D eigenvalue weighted by Crippen LogP contribution is -2.39. The Balaban J connectivity index is 1.46. The number of ether oxygens (including phenoxy) is 1. The summed E-state index contributed by atoms with van der Waals surface area (Å²) in [7, 11) is 1.68. The van der Waals surface area contributed by atoms with Crippen molar-refractivity contribution in [2.75, 3.05) is 33.3 Å². The zero-order valence-corrected chi connectivity index (χ0v) is 14.0. The highest BCUT2D eigenvalue weighted by Crippen LogP contribution is 2.24. The number of hydrogen-bond acceptors (Lipinski definition) is 3. The number of hydrogen-bond donors (Lipinski definition) is 1. The van der Waals surface area contributed by atoms with Gasteiger partial charge in [-0.2, -0.15) is 0 Å². The van der Waals surface area contributed by atoms with E-state index in [1.54, 1.807) is 7.05 Å². The molecule has 5 heteroatoms. The minimum Gasteiger partial charge on any atom is -0.465 e. The molecule has 1 N–H and O–H groups in total. The van der Waals surface area contributed by atoms with Crippen molar-refractivity contribution in [2.24, 2.45) is 0 Å². The molecule has 128 valence electrons. The van der Waals surface area contributed by atoms with Crippen molar-refractivity contribution < 1.29 is 14.6 Å². The average molecular weight is 312 g/mol. The standard InChI is InChI=1S/C17H32N2O3/c1-18(17(20)21)15-7-9-16(10-8-15)22-14-6-2-3-11-19-12-4-5-13-19/h15-16H,2-14H2,1H3,(H,20,21). The monoisotopic (exact) mass is 312 g/mol. The summed E-state index contributed by atoms with van der Waals surface area (Å²) in [5.41, 5.74) is 0. The van der Waals surface area contributed by atoms with Crippen molar-refractivity contribution >= 4 is 6.09 Å². The summed E-state index contributed by atoms with van der Waals surface area (Å²) < 4.78 is 5.96. The first-order valence-corrected chi connectivity index (χ1v) is 8.96. The van der Waals surface area contributed by atoms with E-state index in [-0.39, 0.29) is 6.04 Å². The molecule has 0 unspecified atom stereocenters. The first kappa shape index (κ1) is 17.5. The Kier molecular flexibility index (Phi) is 7.46. The van der Waals surface area contributed by atoms with E-state index in [2.05, 4.69) is 4.90 Å². The highest BCUT2D eigenvalue weighted by Gasteiger charge is 2.26. The van der Waals surface area contributed by atoms with E-state index < -0.39 is 6.09 Å². The highest BCUT2D eigenvalue weighted by atomic mass is 16.5. The number of rotatable bonds is 8. The third kappa shape index (κ3) is 5.76. The molecule has 0 aromatic rings. The van der Waals surface area contributed by atoms with Crippen LogP contribution in [0.1, 0.15) is 57.8 Å². The van der Waals surface area contributed by atoms with E-state index in [1.807, 2.05) is 0 Å². The van der Waals surface area contributed by atoms with Gasteiger partial charge in [-0.1, -0.05) is 0 Å². The van der Waals surface area contributed by atoms with E-state index in [1.165, 1.54) is 50.2 Å². The summed E-state index contributed by atoms with van der Waals surface area (Å²) in [4.78, 5) is 15.0. The van der Waals surface area contributed by atoms with Crippen LogP contribution >= 0.6 is 0 Å². The molecule has 2 fully saturated rings. The molecule has 1 aliphatic heterocycles. The van der Waals surface area contributed by atoms with E-state index in [0.717, 1.165) is 38.7 Å². The Hall–Kier alpha value is -0.810. The molecule has 0 bridgehead atoms. The predicted molar refractivity (Wildman–Crippen MR) is 87.3 cm³/mol. The molecular weight excluding hydrogens is 280 g/mol. The molecule has 0 atom stereocenters. The lowest BCUT2D eigenvalue weighted by atomic mass is 9.92. The molecule has 0 aromatic heterocycles. The van der Waals surface area contributed by atoms with Gasteiger partial charge in [-0.25, -0.2) is 4.79 Å². The maximum atomic E-state index is 10.9. The molecule has 0 spiro atoms. The molecular formula is C17H32N2O3. The number of likely N-dealkylation sites (tertiary alicyclic amines) is 1. The van der Waals surface area contributed by atoms with Crippen molar-refractivity contribution in [3.63, 3.8) is 0 Å². The van der Waals surface area contributed by atoms with Gasteiger partial charge in [0.15, 0.2) is 0 Å². The third-order valence-electron chi connectivity index (χ3n) is 5.16. The Morgan fingerprint density at radius 1 is 1.14 bits per heavy atom. The fraction of sp³-hybridized carbons (Fsp3) is 0.941. The molecule has 1 aliphatic carbocycles. The first-order chi connectivity index (χ1) is 10.7. The Bertz CT molecular complexity index is 324. The van der Waals surface area contributed by atoms with Gasteiger partial charge in [-0.05, 0) is 77.4 Å². The van der Waals surface area contributed by atoms with E-state index in [0.29, 0.717) is 6.10 Å². The number of carboxylic acid groups (broad SMARTS) is 1. The van der Waals surface area contributed by atoms with Crippen molar-refractivity contribution in [3.05, 3.63) is 0 Å². The van der Waals surface area contributed by atoms with Gasteiger partial charge in [0, 0.05) is 19.7 Å². The van der Waals surface area contributed by atoms with Gasteiger partial charge in [0.1, 0.15) is 0 Å². The van der Waals surface area contributed by atoms with Crippen LogP contribution in [0, 0.1) is 0 Å². The molecule has 2 rings (SSSR count). The zero-order chi connectivity index (χ0) is 15.8. The maximum Gasteiger partial charge on any atom is 0.407 e. The van der Waals surface area contributed by atoms with E-state index >= 15 is 0 Å². The van der Waals surface area contributed by atoms with Crippen LogP contribution in [-0.2, 0) is 4.74 Å². The van der Waals surface area contributed by atoms with Gasteiger partial charge in [0.2, 0.25) is 0 Å². The molecule has 5 nitrogen and oxygen atoms in total. The fourth-order valence-electron chi connectivity index (χ4n) is 3.63. The normalized spacial score (nSPS) is 26.2. The predicted octanol–water partition coefficient (Wildman–Crippen LogP) is 3.19. The number of amides is 1. The van der Waals surface area contributed by atoms with Gasteiger partial charge < -0.3 is 19.6 Å². The molecule has 1 amide bonds. The van der Waals surface area contributed by atoms with Crippen molar-refractivity contribution in [2.45, 2.75) is 69.9 Å². The van der Waals surface area contributed by atoms with Crippen molar-refractivity contribution in [3.8, 4) is 0 Å². The van der Waals surface area contributed by atoms with Crippen molar-refractivity contribution in [1.29, 1.82) is 0 Å². The largest absolute Gasteiger partial charge is 0.465 e. The second-order valence-electron chi connectivity index (χ2n) is 6.80. The molecule has 1 saturated carbocycles. The van der Waals surface area contributed by atoms with E-state index in [9.17, 15) is 4.79 Å². The summed E-state index contributed by atoms with van der Waals surface area (Å²) in [6.07, 6.45) is 9.85. The Morgan fingerprint density at radius 3 is 2.45 bits per heavy atom. The number of unbranched alkanes of at least 4 members (excludes halogenated alkanes) is 2. The molecule has 1 heterocycles. The maximum absolute atomic E-state index is 10.9. The molecule has 22 heavy (non-hydrogen) atoms. The second kappa shape index (κ2) is 9.36. The van der Waals surface area contributed by atoms with Crippen LogP contribution in [0.2, 0.25) is 0 Å². The first-order valence-electron chi connectivity index (χ1n) is 8.96. The Morgan fingerprint density at radius 2 is 1.82 bits per heavy atom.